The molecule has 0 N–H and O–H groups in total. The van der Waals surface area contributed by atoms with E-state index in [0.29, 0.717) is 5.82 Å². The maximum atomic E-state index is 5.29. The Morgan fingerprint density at radius 1 is 0.362 bits per heavy atom. The van der Waals surface area contributed by atoms with Gasteiger partial charge in [-0.25, -0.2) is 9.97 Å². The van der Waals surface area contributed by atoms with E-state index in [9.17, 15) is 0 Å². The van der Waals surface area contributed by atoms with Gasteiger partial charge >= 0.3 is 0 Å². The van der Waals surface area contributed by atoms with Crippen LogP contribution in [0.25, 0.3) is 98.6 Å². The Morgan fingerprint density at radius 3 is 1.74 bits per heavy atom. The van der Waals surface area contributed by atoms with Crippen LogP contribution in [-0.4, -0.2) is 9.97 Å². The van der Waals surface area contributed by atoms with Crippen LogP contribution in [0.3, 0.4) is 0 Å². The lowest BCUT2D eigenvalue weighted by Crippen LogP contribution is -2.14. The lowest BCUT2D eigenvalue weighted by Gasteiger charge is -2.22. The summed E-state index contributed by atoms with van der Waals surface area (Å²) in [6.45, 7) is 4.70. The normalized spacial score (nSPS) is 12.8. The van der Waals surface area contributed by atoms with Crippen LogP contribution >= 0.6 is 11.3 Å². The highest BCUT2D eigenvalue weighted by Gasteiger charge is 2.35. The number of hydrogen-bond acceptors (Lipinski definition) is 3. The number of benzene rings is 8. The molecule has 0 bridgehead atoms. The maximum absolute atomic E-state index is 5.29. The third-order valence-corrected chi connectivity index (χ3v) is 13.1. The summed E-state index contributed by atoms with van der Waals surface area (Å²) in [4.78, 5) is 10.4. The summed E-state index contributed by atoms with van der Waals surface area (Å²) >= 11 is 1.86. The molecule has 0 unspecified atom stereocenters. The second-order valence-electron chi connectivity index (χ2n) is 15.8. The first-order valence-electron chi connectivity index (χ1n) is 19.9. The van der Waals surface area contributed by atoms with E-state index in [0.717, 1.165) is 44.8 Å². The molecule has 11 rings (SSSR count). The second-order valence-corrected chi connectivity index (χ2v) is 16.8. The fraction of sp³-hybridized carbons (Fsp3) is 0.0545. The van der Waals surface area contributed by atoms with E-state index < -0.39 is 0 Å². The highest BCUT2D eigenvalue weighted by atomic mass is 32.1. The minimum absolute atomic E-state index is 0.0643. The third kappa shape index (κ3) is 5.78. The van der Waals surface area contributed by atoms with Crippen molar-refractivity contribution in [2.24, 2.45) is 0 Å². The van der Waals surface area contributed by atoms with Crippen molar-refractivity contribution in [1.29, 1.82) is 0 Å². The van der Waals surface area contributed by atoms with Gasteiger partial charge in [0.2, 0.25) is 0 Å². The van der Waals surface area contributed by atoms with Crippen LogP contribution in [0.5, 0.6) is 0 Å². The topological polar surface area (TPSA) is 25.8 Å². The van der Waals surface area contributed by atoms with Gasteiger partial charge in [0.25, 0.3) is 0 Å². The molecule has 2 aromatic heterocycles. The van der Waals surface area contributed by atoms with Crippen LogP contribution in [-0.2, 0) is 5.41 Å². The Labute approximate surface area is 342 Å². The Hall–Kier alpha value is -6.94. The lowest BCUT2D eigenvalue weighted by atomic mass is 9.81. The monoisotopic (exact) mass is 758 g/mol. The summed E-state index contributed by atoms with van der Waals surface area (Å²) in [7, 11) is 0. The van der Waals surface area contributed by atoms with Crippen molar-refractivity contribution in [2.45, 2.75) is 19.3 Å². The first-order valence-corrected chi connectivity index (χ1v) is 20.7. The van der Waals surface area contributed by atoms with Gasteiger partial charge in [-0.1, -0.05) is 166 Å². The summed E-state index contributed by atoms with van der Waals surface area (Å²) in [5.74, 6) is 0.708. The van der Waals surface area contributed by atoms with Crippen LogP contribution in [0.15, 0.2) is 194 Å². The number of nitrogens with zero attached hydrogens (tertiary/aromatic N) is 2. The van der Waals surface area contributed by atoms with Crippen LogP contribution in [0.2, 0.25) is 0 Å². The second kappa shape index (κ2) is 13.6. The van der Waals surface area contributed by atoms with E-state index in [2.05, 4.69) is 184 Å². The van der Waals surface area contributed by atoms with E-state index in [1.54, 1.807) is 0 Å². The van der Waals surface area contributed by atoms with Crippen LogP contribution in [0.4, 0.5) is 0 Å². The molecule has 0 amide bonds. The molecule has 0 atom stereocenters. The Bertz CT molecular complexity index is 3140. The standard InChI is InChI=1S/C55H38N2S/c1-55(2)48-25-11-9-21-44(48)45-28-27-39(33-49(45)55)37-19-13-20-38(29-37)40-30-41(43-23-14-24-47-46-22-10-12-26-52(46)58-53(43)47)32-42(31-40)51-34-50(35-15-5-3-6-16-35)56-54(57-51)36-17-7-4-8-18-36/h3-34H,1-2H3. The molecular formula is C55H38N2S. The number of thiophene rings is 1. The van der Waals surface area contributed by atoms with E-state index >= 15 is 0 Å². The lowest BCUT2D eigenvalue weighted by molar-refractivity contribution is 0.660. The van der Waals surface area contributed by atoms with Gasteiger partial charge in [-0.3, -0.25) is 0 Å². The van der Waals surface area contributed by atoms with E-state index in [1.165, 1.54) is 59.1 Å². The largest absolute Gasteiger partial charge is 0.228 e. The van der Waals surface area contributed by atoms with Gasteiger partial charge in [0.15, 0.2) is 5.82 Å². The van der Waals surface area contributed by atoms with Gasteiger partial charge in [-0.15, -0.1) is 11.3 Å². The molecule has 0 saturated heterocycles. The molecule has 0 fully saturated rings. The average molecular weight is 759 g/mol. The van der Waals surface area contributed by atoms with Gasteiger partial charge in [0, 0.05) is 42.3 Å². The van der Waals surface area contributed by atoms with Crippen molar-refractivity contribution in [3.8, 4) is 78.4 Å². The van der Waals surface area contributed by atoms with Gasteiger partial charge in [-0.05, 0) is 98.1 Å². The molecule has 1 aliphatic rings. The maximum Gasteiger partial charge on any atom is 0.160 e. The van der Waals surface area contributed by atoms with Gasteiger partial charge in [-0.2, -0.15) is 0 Å². The minimum atomic E-state index is -0.0643. The van der Waals surface area contributed by atoms with Gasteiger partial charge < -0.3 is 0 Å². The summed E-state index contributed by atoms with van der Waals surface area (Å²) in [5, 5.41) is 2.58. The van der Waals surface area contributed by atoms with Crippen molar-refractivity contribution in [1.82, 2.24) is 9.97 Å². The summed E-state index contributed by atoms with van der Waals surface area (Å²) < 4.78 is 2.59. The van der Waals surface area contributed by atoms with Crippen LogP contribution in [0.1, 0.15) is 25.0 Å². The molecular weight excluding hydrogens is 721 g/mol. The fourth-order valence-electron chi connectivity index (χ4n) is 8.90. The number of aromatic nitrogens is 2. The molecule has 0 aliphatic heterocycles. The first kappa shape index (κ1) is 34.3. The molecule has 3 heteroatoms. The van der Waals surface area contributed by atoms with Crippen LogP contribution < -0.4 is 0 Å². The molecule has 2 heterocycles. The third-order valence-electron chi connectivity index (χ3n) is 11.9. The molecule has 0 saturated carbocycles. The first-order chi connectivity index (χ1) is 28.5. The summed E-state index contributed by atoms with van der Waals surface area (Å²) in [6.07, 6.45) is 0. The highest BCUT2D eigenvalue weighted by Crippen LogP contribution is 2.50. The van der Waals surface area contributed by atoms with Gasteiger partial charge in [0.05, 0.1) is 11.4 Å². The fourth-order valence-corrected chi connectivity index (χ4v) is 10.1. The zero-order chi connectivity index (χ0) is 38.8. The van der Waals surface area contributed by atoms with E-state index in [4.69, 9.17) is 9.97 Å². The van der Waals surface area contributed by atoms with Gasteiger partial charge in [0.1, 0.15) is 0 Å². The Morgan fingerprint density at radius 2 is 0.914 bits per heavy atom. The molecule has 0 radical (unpaired) electrons. The predicted molar refractivity (Wildman–Crippen MR) is 245 cm³/mol. The number of hydrogen-bond donors (Lipinski definition) is 0. The molecule has 1 aliphatic carbocycles. The van der Waals surface area contributed by atoms with Crippen molar-refractivity contribution in [3.63, 3.8) is 0 Å². The zero-order valence-electron chi connectivity index (χ0n) is 32.3. The molecule has 0 spiro atoms. The molecule has 58 heavy (non-hydrogen) atoms. The zero-order valence-corrected chi connectivity index (χ0v) is 33.1. The Balaban J connectivity index is 1.11. The smallest absolute Gasteiger partial charge is 0.160 e. The number of rotatable bonds is 6. The molecule has 274 valence electrons. The highest BCUT2D eigenvalue weighted by molar-refractivity contribution is 7.26. The predicted octanol–water partition coefficient (Wildman–Crippen LogP) is 15.2. The minimum Gasteiger partial charge on any atom is -0.228 e. The quantitative estimate of drug-likeness (QED) is 0.169. The number of fused-ring (bicyclic) bond motifs is 6. The average Bonchev–Trinajstić information content (AvgIpc) is 3.78. The van der Waals surface area contributed by atoms with E-state index in [1.807, 2.05) is 35.6 Å². The van der Waals surface area contributed by atoms with E-state index in [-0.39, 0.29) is 5.41 Å². The summed E-state index contributed by atoms with van der Waals surface area (Å²) in [6, 6.07) is 70.2. The Kier molecular flexibility index (Phi) is 8.06. The molecule has 8 aromatic carbocycles. The molecule has 2 nitrogen and oxygen atoms in total. The van der Waals surface area contributed by atoms with Crippen molar-refractivity contribution in [3.05, 3.63) is 205 Å². The summed E-state index contributed by atoms with van der Waals surface area (Å²) in [5.41, 5.74) is 17.4. The molecule has 10 aromatic rings. The van der Waals surface area contributed by atoms with Crippen LogP contribution in [0, 0.1) is 0 Å². The van der Waals surface area contributed by atoms with Crippen molar-refractivity contribution in [2.75, 3.05) is 0 Å². The van der Waals surface area contributed by atoms with Crippen molar-refractivity contribution >= 4 is 31.5 Å². The van der Waals surface area contributed by atoms with Crippen molar-refractivity contribution < 1.29 is 0 Å². The SMILES string of the molecule is CC1(C)c2ccccc2-c2ccc(-c3cccc(-c4cc(-c5cc(-c6ccccc6)nc(-c6ccccc6)n5)cc(-c5cccc6c5sc5ccccc56)c4)c3)cc21.